The molecule has 19 heavy (non-hydrogen) atoms. The Kier molecular flexibility index (Phi) is 3.74. The van der Waals surface area contributed by atoms with Crippen molar-refractivity contribution in [2.75, 3.05) is 0 Å². The Labute approximate surface area is 108 Å². The Morgan fingerprint density at radius 2 is 2.16 bits per heavy atom. The van der Waals surface area contributed by atoms with E-state index in [1.807, 2.05) is 0 Å². The van der Waals surface area contributed by atoms with Crippen LogP contribution in [0.1, 0.15) is 6.92 Å². The van der Waals surface area contributed by atoms with Gasteiger partial charge in [-0.25, -0.2) is 13.9 Å². The first-order chi connectivity index (χ1) is 9.04. The fraction of sp³-hybridized carbons (Fsp3) is 0.250. The van der Waals surface area contributed by atoms with Crippen LogP contribution in [-0.2, 0) is 6.54 Å². The molecule has 1 atom stereocenters. The molecule has 0 aliphatic heterocycles. The fourth-order valence-electron chi connectivity index (χ4n) is 1.68. The minimum absolute atomic E-state index is 0.278. The van der Waals surface area contributed by atoms with E-state index in [1.54, 1.807) is 29.9 Å². The van der Waals surface area contributed by atoms with E-state index < -0.39 is 6.09 Å². The van der Waals surface area contributed by atoms with Gasteiger partial charge in [0, 0.05) is 11.6 Å². The summed E-state index contributed by atoms with van der Waals surface area (Å²) in [7, 11) is 0. The van der Waals surface area contributed by atoms with Crippen molar-refractivity contribution in [3.8, 4) is 11.3 Å². The molecule has 2 N–H and O–H groups in total. The lowest BCUT2D eigenvalue weighted by Gasteiger charge is -2.09. The molecule has 7 heteroatoms. The third-order valence-electron chi connectivity index (χ3n) is 2.51. The van der Waals surface area contributed by atoms with Crippen LogP contribution < -0.4 is 5.32 Å². The Hall–Kier alpha value is -2.44. The largest absolute Gasteiger partial charge is 0.465 e. The highest BCUT2D eigenvalue weighted by atomic mass is 19.1. The quantitative estimate of drug-likeness (QED) is 0.881. The van der Waals surface area contributed by atoms with Crippen LogP contribution >= 0.6 is 0 Å². The minimum Gasteiger partial charge on any atom is -0.465 e. The summed E-state index contributed by atoms with van der Waals surface area (Å²) in [5.41, 5.74) is 1.37. The summed E-state index contributed by atoms with van der Waals surface area (Å²) in [5, 5.41) is 18.8. The smallest absolute Gasteiger partial charge is 0.404 e. The standard InChI is InChI=1S/C12H13FN4O2/c1-8(14-12(18)19)6-17-7-11(15-16-17)9-2-4-10(13)5-3-9/h2-5,7-8,14H,6H2,1H3,(H,18,19)/t8-/m0/s1. The highest BCUT2D eigenvalue weighted by Crippen LogP contribution is 2.16. The number of hydrogen-bond donors (Lipinski definition) is 2. The maximum atomic E-state index is 12.8. The molecule has 0 saturated heterocycles. The minimum atomic E-state index is -1.08. The molecule has 0 fully saturated rings. The molecule has 0 spiro atoms. The van der Waals surface area contributed by atoms with Crippen molar-refractivity contribution >= 4 is 6.09 Å². The van der Waals surface area contributed by atoms with Gasteiger partial charge < -0.3 is 10.4 Å². The summed E-state index contributed by atoms with van der Waals surface area (Å²) >= 11 is 0. The summed E-state index contributed by atoms with van der Waals surface area (Å²) in [4.78, 5) is 10.5. The normalized spacial score (nSPS) is 12.1. The van der Waals surface area contributed by atoms with Gasteiger partial charge in [0.15, 0.2) is 0 Å². The van der Waals surface area contributed by atoms with E-state index in [9.17, 15) is 9.18 Å². The first-order valence-electron chi connectivity index (χ1n) is 5.70. The maximum Gasteiger partial charge on any atom is 0.404 e. The number of nitrogens with one attached hydrogen (secondary N) is 1. The van der Waals surface area contributed by atoms with Gasteiger partial charge in [-0.3, -0.25) is 0 Å². The topological polar surface area (TPSA) is 80.0 Å². The van der Waals surface area contributed by atoms with Gasteiger partial charge in [0.05, 0.1) is 12.7 Å². The zero-order valence-electron chi connectivity index (χ0n) is 10.2. The molecule has 0 radical (unpaired) electrons. The average molecular weight is 264 g/mol. The molecule has 2 rings (SSSR count). The summed E-state index contributed by atoms with van der Waals surface area (Å²) in [6, 6.07) is 5.65. The fourth-order valence-corrected chi connectivity index (χ4v) is 1.68. The van der Waals surface area contributed by atoms with Crippen LogP contribution in [0.2, 0.25) is 0 Å². The van der Waals surface area contributed by atoms with Crippen molar-refractivity contribution in [3.05, 3.63) is 36.3 Å². The van der Waals surface area contributed by atoms with Gasteiger partial charge in [-0.05, 0) is 31.2 Å². The predicted octanol–water partition coefficient (Wildman–Crippen LogP) is 1.74. The molecule has 2 aromatic rings. The first kappa shape index (κ1) is 13.0. The van der Waals surface area contributed by atoms with Crippen LogP contribution in [-0.4, -0.2) is 32.2 Å². The monoisotopic (exact) mass is 264 g/mol. The van der Waals surface area contributed by atoms with E-state index in [-0.39, 0.29) is 11.9 Å². The van der Waals surface area contributed by atoms with E-state index in [1.165, 1.54) is 12.1 Å². The van der Waals surface area contributed by atoms with Crippen molar-refractivity contribution in [3.63, 3.8) is 0 Å². The molecule has 6 nitrogen and oxygen atoms in total. The van der Waals surface area contributed by atoms with E-state index in [0.717, 1.165) is 5.56 Å². The number of carbonyl (C=O) groups is 1. The van der Waals surface area contributed by atoms with Gasteiger partial charge in [-0.2, -0.15) is 0 Å². The maximum absolute atomic E-state index is 12.8. The second kappa shape index (κ2) is 5.47. The second-order valence-electron chi connectivity index (χ2n) is 4.18. The molecule has 1 amide bonds. The zero-order chi connectivity index (χ0) is 13.8. The highest BCUT2D eigenvalue weighted by molar-refractivity contribution is 5.64. The molecule has 1 aromatic carbocycles. The van der Waals surface area contributed by atoms with Crippen LogP contribution in [0.15, 0.2) is 30.5 Å². The molecule has 0 bridgehead atoms. The second-order valence-corrected chi connectivity index (χ2v) is 4.18. The third kappa shape index (κ3) is 3.51. The molecule has 100 valence electrons. The van der Waals surface area contributed by atoms with Crippen LogP contribution in [0, 0.1) is 5.82 Å². The van der Waals surface area contributed by atoms with E-state index >= 15 is 0 Å². The van der Waals surface area contributed by atoms with Crippen LogP contribution in [0.5, 0.6) is 0 Å². The lowest BCUT2D eigenvalue weighted by molar-refractivity contribution is 0.189. The van der Waals surface area contributed by atoms with Gasteiger partial charge in [-0.15, -0.1) is 5.10 Å². The molecular formula is C12H13FN4O2. The highest BCUT2D eigenvalue weighted by Gasteiger charge is 2.09. The first-order valence-corrected chi connectivity index (χ1v) is 5.70. The molecule has 0 unspecified atom stereocenters. The van der Waals surface area contributed by atoms with Crippen LogP contribution in [0.4, 0.5) is 9.18 Å². The number of carboxylic acid groups (broad SMARTS) is 1. The number of nitrogens with zero attached hydrogens (tertiary/aromatic N) is 3. The van der Waals surface area contributed by atoms with Crippen molar-refractivity contribution in [1.82, 2.24) is 20.3 Å². The number of hydrogen-bond acceptors (Lipinski definition) is 3. The van der Waals surface area contributed by atoms with E-state index in [2.05, 4.69) is 15.6 Å². The summed E-state index contributed by atoms with van der Waals surface area (Å²) in [6.07, 6.45) is 0.610. The van der Waals surface area contributed by atoms with E-state index in [4.69, 9.17) is 5.11 Å². The number of aromatic nitrogens is 3. The summed E-state index contributed by atoms with van der Waals surface area (Å²) in [6.45, 7) is 2.11. The zero-order valence-corrected chi connectivity index (χ0v) is 10.2. The van der Waals surface area contributed by atoms with Gasteiger partial charge in [-0.1, -0.05) is 5.21 Å². The number of benzene rings is 1. The average Bonchev–Trinajstić information content (AvgIpc) is 2.77. The molecule has 0 aliphatic rings. The van der Waals surface area contributed by atoms with Crippen molar-refractivity contribution in [1.29, 1.82) is 0 Å². The summed E-state index contributed by atoms with van der Waals surface area (Å²) < 4.78 is 14.3. The number of halogens is 1. The SMILES string of the molecule is C[C@@H](Cn1cc(-c2ccc(F)cc2)nn1)NC(=O)O. The van der Waals surface area contributed by atoms with Crippen LogP contribution in [0.3, 0.4) is 0 Å². The summed E-state index contributed by atoms with van der Waals surface area (Å²) in [5.74, 6) is -0.310. The van der Waals surface area contributed by atoms with Gasteiger partial charge in [0.1, 0.15) is 11.5 Å². The van der Waals surface area contributed by atoms with Crippen molar-refractivity contribution in [2.45, 2.75) is 19.5 Å². The molecule has 1 heterocycles. The Balaban J connectivity index is 2.06. The van der Waals surface area contributed by atoms with Gasteiger partial charge in [0.25, 0.3) is 0 Å². The number of amides is 1. The van der Waals surface area contributed by atoms with Crippen molar-refractivity contribution in [2.24, 2.45) is 0 Å². The Morgan fingerprint density at radius 1 is 1.47 bits per heavy atom. The Bertz CT molecular complexity index is 567. The lowest BCUT2D eigenvalue weighted by Crippen LogP contribution is -2.34. The predicted molar refractivity (Wildman–Crippen MR) is 66.0 cm³/mol. The molecule has 1 aromatic heterocycles. The van der Waals surface area contributed by atoms with Gasteiger partial charge in [0.2, 0.25) is 0 Å². The van der Waals surface area contributed by atoms with Crippen molar-refractivity contribution < 1.29 is 14.3 Å². The number of rotatable bonds is 4. The van der Waals surface area contributed by atoms with Crippen LogP contribution in [0.25, 0.3) is 11.3 Å². The molecule has 0 saturated carbocycles. The van der Waals surface area contributed by atoms with E-state index in [0.29, 0.717) is 12.2 Å². The lowest BCUT2D eigenvalue weighted by atomic mass is 10.2. The molecule has 0 aliphatic carbocycles. The third-order valence-corrected chi connectivity index (χ3v) is 2.51. The Morgan fingerprint density at radius 3 is 2.79 bits per heavy atom. The van der Waals surface area contributed by atoms with Gasteiger partial charge >= 0.3 is 6.09 Å². The molecular weight excluding hydrogens is 251 g/mol.